The number of aryl methyl sites for hydroxylation is 1. The molecule has 0 bridgehead atoms. The molecule has 0 radical (unpaired) electrons. The van der Waals surface area contributed by atoms with E-state index in [4.69, 9.17) is 0 Å². The quantitative estimate of drug-likeness (QED) is 0.548. The number of hydrogen-bond acceptors (Lipinski definition) is 5. The largest absolute Gasteiger partial charge is 0.371 e. The monoisotopic (exact) mass is 396 g/mol. The summed E-state index contributed by atoms with van der Waals surface area (Å²) in [6.07, 6.45) is 3.12. The Balaban J connectivity index is 1.43. The van der Waals surface area contributed by atoms with E-state index in [0.29, 0.717) is 12.2 Å². The number of carbonyl (C=O) groups is 1. The van der Waals surface area contributed by atoms with Crippen LogP contribution in [0.4, 0.5) is 11.4 Å². The Kier molecular flexibility index (Phi) is 7.58. The molecule has 0 spiro atoms. The average molecular weight is 396 g/mol. The lowest BCUT2D eigenvalue weighted by Gasteiger charge is -2.22. The molecule has 7 heteroatoms. The molecule has 1 aliphatic heterocycles. The zero-order valence-electron chi connectivity index (χ0n) is 16.6. The summed E-state index contributed by atoms with van der Waals surface area (Å²) in [6.45, 7) is 4.39. The summed E-state index contributed by atoms with van der Waals surface area (Å²) in [7, 11) is 0. The molecule has 2 aromatic carbocycles. The van der Waals surface area contributed by atoms with E-state index in [1.807, 2.05) is 11.0 Å². The van der Waals surface area contributed by atoms with Gasteiger partial charge in [0.2, 0.25) is 5.91 Å². The van der Waals surface area contributed by atoms with Crippen molar-refractivity contribution in [2.75, 3.05) is 44.6 Å². The summed E-state index contributed by atoms with van der Waals surface area (Å²) in [6, 6.07) is 16.9. The van der Waals surface area contributed by atoms with Crippen LogP contribution < -0.4 is 5.32 Å². The fourth-order valence-electron chi connectivity index (χ4n) is 3.66. The molecule has 0 aliphatic carbocycles. The van der Waals surface area contributed by atoms with Crippen molar-refractivity contribution in [3.63, 3.8) is 0 Å². The Bertz CT molecular complexity index is 813. The summed E-state index contributed by atoms with van der Waals surface area (Å²) < 4.78 is 0. The Hall–Kier alpha value is -2.93. The van der Waals surface area contributed by atoms with Gasteiger partial charge in [-0.25, -0.2) is 0 Å². The van der Waals surface area contributed by atoms with E-state index in [2.05, 4.69) is 34.5 Å². The van der Waals surface area contributed by atoms with Gasteiger partial charge in [0, 0.05) is 25.7 Å². The molecule has 1 aliphatic rings. The van der Waals surface area contributed by atoms with Gasteiger partial charge in [0.1, 0.15) is 5.69 Å². The molecule has 0 atom stereocenters. The van der Waals surface area contributed by atoms with Crippen molar-refractivity contribution in [1.29, 1.82) is 0 Å². The van der Waals surface area contributed by atoms with Gasteiger partial charge in [-0.15, -0.1) is 0 Å². The third-order valence-electron chi connectivity index (χ3n) is 5.25. The molecule has 154 valence electrons. The number of carbonyl (C=O) groups excluding carboxylic acids is 1. The van der Waals surface area contributed by atoms with Gasteiger partial charge in [0.25, 0.3) is 5.69 Å². The molecule has 0 unspecified atom stereocenters. The minimum atomic E-state index is -0.438. The van der Waals surface area contributed by atoms with Gasteiger partial charge in [0.05, 0.1) is 11.5 Å². The Morgan fingerprint density at radius 2 is 1.76 bits per heavy atom. The second-order valence-electron chi connectivity index (χ2n) is 7.29. The highest BCUT2D eigenvalue weighted by Crippen LogP contribution is 2.22. The van der Waals surface area contributed by atoms with Crippen LogP contribution in [-0.2, 0) is 11.2 Å². The average Bonchev–Trinajstić information content (AvgIpc) is 2.99. The first-order chi connectivity index (χ1) is 14.1. The number of rotatable bonds is 8. The van der Waals surface area contributed by atoms with E-state index in [9.17, 15) is 14.9 Å². The highest BCUT2D eigenvalue weighted by atomic mass is 16.6. The molecule has 1 amide bonds. The number of amides is 1. The van der Waals surface area contributed by atoms with Crippen molar-refractivity contribution in [2.24, 2.45) is 0 Å². The van der Waals surface area contributed by atoms with E-state index in [1.165, 1.54) is 11.6 Å². The number of nitrogens with zero attached hydrogens (tertiary/aromatic N) is 3. The summed E-state index contributed by atoms with van der Waals surface area (Å²) in [5, 5.41) is 14.0. The van der Waals surface area contributed by atoms with Crippen molar-refractivity contribution in [1.82, 2.24) is 9.80 Å². The first-order valence-electron chi connectivity index (χ1n) is 10.1. The second-order valence-corrected chi connectivity index (χ2v) is 7.29. The molecule has 0 aromatic heterocycles. The number of nitro benzene ring substituents is 1. The lowest BCUT2D eigenvalue weighted by Crippen LogP contribution is -2.38. The lowest BCUT2D eigenvalue weighted by atomic mass is 10.1. The van der Waals surface area contributed by atoms with Crippen LogP contribution in [0.25, 0.3) is 0 Å². The summed E-state index contributed by atoms with van der Waals surface area (Å²) in [5.41, 5.74) is 1.73. The minimum absolute atomic E-state index is 0.0132. The molecule has 1 heterocycles. The van der Waals surface area contributed by atoms with Crippen LogP contribution in [-0.4, -0.2) is 59.9 Å². The van der Waals surface area contributed by atoms with Gasteiger partial charge >= 0.3 is 0 Å². The van der Waals surface area contributed by atoms with E-state index in [-0.39, 0.29) is 18.1 Å². The highest BCUT2D eigenvalue weighted by Gasteiger charge is 2.20. The smallest absolute Gasteiger partial charge is 0.292 e. The van der Waals surface area contributed by atoms with Gasteiger partial charge in [-0.05, 0) is 44.0 Å². The predicted molar refractivity (Wildman–Crippen MR) is 114 cm³/mol. The van der Waals surface area contributed by atoms with Gasteiger partial charge in [-0.1, -0.05) is 42.5 Å². The highest BCUT2D eigenvalue weighted by molar-refractivity contribution is 5.81. The van der Waals surface area contributed by atoms with Crippen LogP contribution in [0.2, 0.25) is 0 Å². The minimum Gasteiger partial charge on any atom is -0.371 e. The number of benzene rings is 2. The van der Waals surface area contributed by atoms with Crippen molar-refractivity contribution in [2.45, 2.75) is 19.3 Å². The molecule has 0 saturated carbocycles. The third kappa shape index (κ3) is 6.29. The van der Waals surface area contributed by atoms with Crippen molar-refractivity contribution in [3.8, 4) is 0 Å². The lowest BCUT2D eigenvalue weighted by molar-refractivity contribution is -0.383. The van der Waals surface area contributed by atoms with Crippen LogP contribution in [0.15, 0.2) is 54.6 Å². The molecule has 29 heavy (non-hydrogen) atoms. The molecular formula is C22H28N4O3. The van der Waals surface area contributed by atoms with Crippen LogP contribution in [0.5, 0.6) is 0 Å². The zero-order valence-corrected chi connectivity index (χ0v) is 16.6. The van der Waals surface area contributed by atoms with Crippen molar-refractivity contribution >= 4 is 17.3 Å². The number of hydrogen-bond donors (Lipinski definition) is 1. The second kappa shape index (κ2) is 10.6. The maximum absolute atomic E-state index is 12.6. The van der Waals surface area contributed by atoms with Gasteiger partial charge in [-0.3, -0.25) is 14.9 Å². The Labute approximate surface area is 171 Å². The van der Waals surface area contributed by atoms with E-state index >= 15 is 0 Å². The molecular weight excluding hydrogens is 368 g/mol. The van der Waals surface area contributed by atoms with Crippen LogP contribution in [0, 0.1) is 10.1 Å². The molecule has 1 N–H and O–H groups in total. The van der Waals surface area contributed by atoms with Crippen LogP contribution >= 0.6 is 0 Å². The molecule has 1 saturated heterocycles. The topological polar surface area (TPSA) is 78.7 Å². The zero-order chi connectivity index (χ0) is 20.5. The van der Waals surface area contributed by atoms with Crippen LogP contribution in [0.3, 0.4) is 0 Å². The molecule has 7 nitrogen and oxygen atoms in total. The summed E-state index contributed by atoms with van der Waals surface area (Å²) in [5.74, 6) is -0.0192. The maximum atomic E-state index is 12.6. The predicted octanol–water partition coefficient (Wildman–Crippen LogP) is 3.17. The number of nitro groups is 1. The number of anilines is 1. The van der Waals surface area contributed by atoms with E-state index in [0.717, 1.165) is 45.4 Å². The molecule has 3 rings (SSSR count). The SMILES string of the molecule is O=C(CNc1ccccc1[N+](=O)[O-])N1CCCN(CCCc2ccccc2)CC1. The van der Waals surface area contributed by atoms with Gasteiger partial charge < -0.3 is 15.1 Å². The number of para-hydroxylation sites is 2. The Morgan fingerprint density at radius 3 is 2.55 bits per heavy atom. The first kappa shape index (κ1) is 20.8. The first-order valence-corrected chi connectivity index (χ1v) is 10.1. The maximum Gasteiger partial charge on any atom is 0.292 e. The van der Waals surface area contributed by atoms with Crippen molar-refractivity contribution in [3.05, 3.63) is 70.3 Å². The van der Waals surface area contributed by atoms with Crippen LogP contribution in [0.1, 0.15) is 18.4 Å². The fourth-order valence-corrected chi connectivity index (χ4v) is 3.66. The normalized spacial score (nSPS) is 15.0. The van der Waals surface area contributed by atoms with E-state index in [1.54, 1.807) is 18.2 Å². The summed E-state index contributed by atoms with van der Waals surface area (Å²) >= 11 is 0. The fraction of sp³-hybridized carbons (Fsp3) is 0.409. The van der Waals surface area contributed by atoms with E-state index < -0.39 is 4.92 Å². The van der Waals surface area contributed by atoms with Crippen molar-refractivity contribution < 1.29 is 9.72 Å². The summed E-state index contributed by atoms with van der Waals surface area (Å²) in [4.78, 5) is 27.5. The molecule has 2 aromatic rings. The van der Waals surface area contributed by atoms with Gasteiger partial charge in [-0.2, -0.15) is 0 Å². The standard InChI is InChI=1S/C22H28N4O3/c27-22(18-23-20-11-4-5-12-21(20)26(28)29)25-15-7-14-24(16-17-25)13-6-10-19-8-2-1-3-9-19/h1-5,8-9,11-12,23H,6-7,10,13-18H2. The number of nitrogens with one attached hydrogen (secondary N) is 1. The third-order valence-corrected chi connectivity index (χ3v) is 5.25. The van der Waals surface area contributed by atoms with Gasteiger partial charge in [0.15, 0.2) is 0 Å². The Morgan fingerprint density at radius 1 is 1.00 bits per heavy atom. The molecule has 1 fully saturated rings.